The van der Waals surface area contributed by atoms with Crippen LogP contribution in [0.3, 0.4) is 0 Å². The number of carbonyl (C=O) groups excluding carboxylic acids is 1. The number of hydrogen-bond acceptors (Lipinski definition) is 3. The summed E-state index contributed by atoms with van der Waals surface area (Å²) in [6.45, 7) is 1.95. The Bertz CT molecular complexity index is 595. The zero-order chi connectivity index (χ0) is 13.8. The van der Waals surface area contributed by atoms with Gasteiger partial charge in [0.15, 0.2) is 5.69 Å². The van der Waals surface area contributed by atoms with Crippen LogP contribution in [0.25, 0.3) is 5.69 Å². The summed E-state index contributed by atoms with van der Waals surface area (Å²) in [6.07, 6.45) is 0. The number of amides is 1. The average Bonchev–Trinajstić information content (AvgIpc) is 2.78. The van der Waals surface area contributed by atoms with Crippen LogP contribution < -0.4 is 5.32 Å². The summed E-state index contributed by atoms with van der Waals surface area (Å²) >= 11 is 6.11. The molecule has 6 heteroatoms. The lowest BCUT2D eigenvalue weighted by Crippen LogP contribution is -2.26. The maximum absolute atomic E-state index is 11.8. The number of nitrogens with one attached hydrogen (secondary N) is 1. The molecule has 0 aliphatic carbocycles. The second-order valence-electron chi connectivity index (χ2n) is 4.01. The monoisotopic (exact) mass is 279 g/mol. The van der Waals surface area contributed by atoms with Gasteiger partial charge in [-0.05, 0) is 25.1 Å². The molecule has 0 radical (unpaired) electrons. The van der Waals surface area contributed by atoms with Gasteiger partial charge in [0, 0.05) is 12.2 Å². The predicted octanol–water partition coefficient (Wildman–Crippen LogP) is 1.56. The van der Waals surface area contributed by atoms with E-state index in [4.69, 9.17) is 16.7 Å². The zero-order valence-corrected chi connectivity index (χ0v) is 11.2. The fourth-order valence-electron chi connectivity index (χ4n) is 1.71. The van der Waals surface area contributed by atoms with Crippen LogP contribution in [0.2, 0.25) is 5.02 Å². The SMILES string of the molecule is Cc1cc(C(=O)NCCO)nn1-c1ccccc1Cl. The Morgan fingerprint density at radius 2 is 2.21 bits per heavy atom. The van der Waals surface area contributed by atoms with Crippen molar-refractivity contribution >= 4 is 17.5 Å². The van der Waals surface area contributed by atoms with Gasteiger partial charge in [0.05, 0.1) is 17.3 Å². The van der Waals surface area contributed by atoms with Crippen molar-refractivity contribution < 1.29 is 9.90 Å². The first-order chi connectivity index (χ1) is 9.13. The molecule has 0 aliphatic rings. The van der Waals surface area contributed by atoms with Gasteiger partial charge in [0.25, 0.3) is 5.91 Å². The second kappa shape index (κ2) is 5.86. The summed E-state index contributed by atoms with van der Waals surface area (Å²) in [5.41, 5.74) is 1.83. The highest BCUT2D eigenvalue weighted by Gasteiger charge is 2.13. The van der Waals surface area contributed by atoms with Gasteiger partial charge in [-0.25, -0.2) is 4.68 Å². The van der Waals surface area contributed by atoms with Gasteiger partial charge in [-0.2, -0.15) is 5.10 Å². The fourth-order valence-corrected chi connectivity index (χ4v) is 1.93. The Balaban J connectivity index is 2.32. The number of para-hydroxylation sites is 1. The number of benzene rings is 1. The maximum atomic E-state index is 11.8. The molecule has 2 N–H and O–H groups in total. The summed E-state index contributed by atoms with van der Waals surface area (Å²) in [6, 6.07) is 8.96. The highest BCUT2D eigenvalue weighted by atomic mass is 35.5. The first kappa shape index (κ1) is 13.6. The van der Waals surface area contributed by atoms with Crippen LogP contribution in [-0.2, 0) is 0 Å². The number of rotatable bonds is 4. The van der Waals surface area contributed by atoms with Gasteiger partial charge in [0.2, 0.25) is 0 Å². The third-order valence-electron chi connectivity index (χ3n) is 2.60. The first-order valence-electron chi connectivity index (χ1n) is 5.84. The molecule has 0 unspecified atom stereocenters. The number of aliphatic hydroxyl groups excluding tert-OH is 1. The lowest BCUT2D eigenvalue weighted by molar-refractivity contribution is 0.0939. The largest absolute Gasteiger partial charge is 0.395 e. The van der Waals surface area contributed by atoms with E-state index in [1.807, 2.05) is 25.1 Å². The topological polar surface area (TPSA) is 67.2 Å². The van der Waals surface area contributed by atoms with Crippen molar-refractivity contribution in [1.29, 1.82) is 0 Å². The minimum Gasteiger partial charge on any atom is -0.395 e. The molecule has 0 spiro atoms. The van der Waals surface area contributed by atoms with Gasteiger partial charge in [-0.3, -0.25) is 4.79 Å². The minimum absolute atomic E-state index is 0.101. The lowest BCUT2D eigenvalue weighted by atomic mass is 10.3. The molecular weight excluding hydrogens is 266 g/mol. The van der Waals surface area contributed by atoms with Crippen molar-refractivity contribution in [3.8, 4) is 5.69 Å². The maximum Gasteiger partial charge on any atom is 0.271 e. The predicted molar refractivity (Wildman–Crippen MR) is 72.7 cm³/mol. The molecule has 0 fully saturated rings. The number of aryl methyl sites for hydroxylation is 1. The lowest BCUT2D eigenvalue weighted by Gasteiger charge is -2.05. The van der Waals surface area contributed by atoms with Gasteiger partial charge < -0.3 is 10.4 Å². The van der Waals surface area contributed by atoms with E-state index in [1.165, 1.54) is 0 Å². The van der Waals surface area contributed by atoms with Crippen molar-refractivity contribution in [3.05, 3.63) is 46.7 Å². The molecule has 1 aromatic heterocycles. The van der Waals surface area contributed by atoms with Gasteiger partial charge in [-0.1, -0.05) is 23.7 Å². The Labute approximate surface area is 115 Å². The molecule has 0 aliphatic heterocycles. The van der Waals surface area contributed by atoms with E-state index >= 15 is 0 Å². The van der Waals surface area contributed by atoms with E-state index in [-0.39, 0.29) is 19.1 Å². The number of carbonyl (C=O) groups is 1. The van der Waals surface area contributed by atoms with Crippen LogP contribution in [0.15, 0.2) is 30.3 Å². The Kier molecular flexibility index (Phi) is 4.19. The third-order valence-corrected chi connectivity index (χ3v) is 2.92. The summed E-state index contributed by atoms with van der Waals surface area (Å²) in [4.78, 5) is 11.8. The van der Waals surface area contributed by atoms with Crippen molar-refractivity contribution in [2.24, 2.45) is 0 Å². The second-order valence-corrected chi connectivity index (χ2v) is 4.42. The van der Waals surface area contributed by atoms with E-state index < -0.39 is 0 Å². The van der Waals surface area contributed by atoms with Crippen LogP contribution in [0.5, 0.6) is 0 Å². The van der Waals surface area contributed by atoms with Crippen LogP contribution in [0, 0.1) is 6.92 Å². The van der Waals surface area contributed by atoms with E-state index in [1.54, 1.807) is 16.8 Å². The summed E-state index contributed by atoms with van der Waals surface area (Å²) in [5.74, 6) is -0.317. The smallest absolute Gasteiger partial charge is 0.271 e. The number of aromatic nitrogens is 2. The van der Waals surface area contributed by atoms with Gasteiger partial charge in [0.1, 0.15) is 0 Å². The normalized spacial score (nSPS) is 10.5. The van der Waals surface area contributed by atoms with Crippen molar-refractivity contribution in [2.45, 2.75) is 6.92 Å². The summed E-state index contributed by atoms with van der Waals surface area (Å²) in [7, 11) is 0. The third kappa shape index (κ3) is 2.94. The average molecular weight is 280 g/mol. The van der Waals surface area contributed by atoms with Crippen molar-refractivity contribution in [3.63, 3.8) is 0 Å². The molecule has 2 aromatic rings. The molecule has 19 heavy (non-hydrogen) atoms. The number of nitrogens with zero attached hydrogens (tertiary/aromatic N) is 2. The van der Waals surface area contributed by atoms with Crippen LogP contribution in [0.1, 0.15) is 16.2 Å². The Hall–Kier alpha value is -1.85. The number of aliphatic hydroxyl groups is 1. The fraction of sp³-hybridized carbons (Fsp3) is 0.231. The zero-order valence-electron chi connectivity index (χ0n) is 10.4. The molecule has 1 heterocycles. The molecule has 0 saturated heterocycles. The summed E-state index contributed by atoms with van der Waals surface area (Å²) < 4.78 is 1.62. The number of halogens is 1. The van der Waals surface area contributed by atoms with Gasteiger partial charge in [-0.15, -0.1) is 0 Å². The molecule has 100 valence electrons. The highest BCUT2D eigenvalue weighted by molar-refractivity contribution is 6.32. The Morgan fingerprint density at radius 1 is 1.47 bits per heavy atom. The highest BCUT2D eigenvalue weighted by Crippen LogP contribution is 2.21. The van der Waals surface area contributed by atoms with E-state index in [0.717, 1.165) is 11.4 Å². The van der Waals surface area contributed by atoms with E-state index in [9.17, 15) is 4.79 Å². The molecule has 0 saturated carbocycles. The quantitative estimate of drug-likeness (QED) is 0.892. The molecule has 0 atom stereocenters. The molecule has 5 nitrogen and oxygen atoms in total. The van der Waals surface area contributed by atoms with Crippen LogP contribution >= 0.6 is 11.6 Å². The van der Waals surface area contributed by atoms with E-state index in [0.29, 0.717) is 10.7 Å². The standard InChI is InChI=1S/C13H14ClN3O2/c1-9-8-11(13(19)15-6-7-18)16-17(9)12-5-3-2-4-10(12)14/h2-5,8,18H,6-7H2,1H3,(H,15,19). The van der Waals surface area contributed by atoms with Gasteiger partial charge >= 0.3 is 0 Å². The molecule has 1 amide bonds. The van der Waals surface area contributed by atoms with Crippen molar-refractivity contribution in [1.82, 2.24) is 15.1 Å². The Morgan fingerprint density at radius 3 is 2.89 bits per heavy atom. The first-order valence-corrected chi connectivity index (χ1v) is 6.22. The molecular formula is C13H14ClN3O2. The van der Waals surface area contributed by atoms with Crippen molar-refractivity contribution in [2.75, 3.05) is 13.2 Å². The molecule has 1 aromatic carbocycles. The van der Waals surface area contributed by atoms with E-state index in [2.05, 4.69) is 10.4 Å². The molecule has 2 rings (SSSR count). The van der Waals surface area contributed by atoms with Crippen LogP contribution in [0.4, 0.5) is 0 Å². The van der Waals surface area contributed by atoms with Crippen LogP contribution in [-0.4, -0.2) is 33.9 Å². The number of hydrogen-bond donors (Lipinski definition) is 2. The summed E-state index contributed by atoms with van der Waals surface area (Å²) in [5, 5.41) is 16.0. The molecule has 0 bridgehead atoms. The minimum atomic E-state index is -0.317.